The van der Waals surface area contributed by atoms with E-state index in [2.05, 4.69) is 27.9 Å². The zero-order chi connectivity index (χ0) is 12.4. The fraction of sp³-hybridized carbons (Fsp3) is 0. The smallest absolute Gasteiger partial charge is 0.148 e. The fourth-order valence-electron chi connectivity index (χ4n) is 1.38. The average Bonchev–Trinajstić information content (AvgIpc) is 2.25. The highest BCUT2D eigenvalue weighted by Gasteiger charge is 2.05. The molecule has 0 heterocycles. The maximum absolute atomic E-state index is 13.6. The second kappa shape index (κ2) is 5.10. The number of rotatable bonds is 2. The Bertz CT molecular complexity index is 511. The van der Waals surface area contributed by atoms with Crippen LogP contribution in [0.1, 0.15) is 0 Å². The number of hydrogen-bond donors (Lipinski definition) is 2. The van der Waals surface area contributed by atoms with Crippen molar-refractivity contribution in [3.05, 3.63) is 50.8 Å². The van der Waals surface area contributed by atoms with Crippen molar-refractivity contribution in [3.63, 3.8) is 0 Å². The average molecular weight is 363 g/mol. The predicted octanol–water partition coefficient (Wildman–Crippen LogP) is 4.41. The van der Waals surface area contributed by atoms with Crippen molar-refractivity contribution < 1.29 is 4.39 Å². The van der Waals surface area contributed by atoms with Crippen LogP contribution in [0.2, 0.25) is 5.02 Å². The molecule has 0 saturated heterocycles. The van der Waals surface area contributed by atoms with Crippen LogP contribution in [-0.2, 0) is 0 Å². The van der Waals surface area contributed by atoms with Crippen LogP contribution in [0, 0.1) is 9.39 Å². The van der Waals surface area contributed by atoms with E-state index in [1.165, 1.54) is 6.07 Å². The van der Waals surface area contributed by atoms with Gasteiger partial charge in [0, 0.05) is 8.59 Å². The standard InChI is InChI=1S/C12H9ClFIN2/c13-7-1-3-11(9(14)5-7)17-12-4-2-8(15)6-10(12)16/h1-6,17H,16H2. The van der Waals surface area contributed by atoms with E-state index in [0.717, 1.165) is 3.57 Å². The topological polar surface area (TPSA) is 38.0 Å². The number of nitrogen functional groups attached to an aromatic ring is 1. The molecule has 0 aromatic heterocycles. The Morgan fingerprint density at radius 2 is 1.82 bits per heavy atom. The Balaban J connectivity index is 2.31. The fourth-order valence-corrected chi connectivity index (χ4v) is 2.06. The molecule has 2 nitrogen and oxygen atoms in total. The summed E-state index contributed by atoms with van der Waals surface area (Å²) in [7, 11) is 0. The van der Waals surface area contributed by atoms with Gasteiger partial charge in [-0.3, -0.25) is 0 Å². The summed E-state index contributed by atoms with van der Waals surface area (Å²) in [6.07, 6.45) is 0. The molecule has 2 aromatic rings. The molecular weight excluding hydrogens is 354 g/mol. The molecule has 0 saturated carbocycles. The lowest BCUT2D eigenvalue weighted by atomic mass is 10.2. The number of nitrogens with two attached hydrogens (primary N) is 1. The number of benzene rings is 2. The summed E-state index contributed by atoms with van der Waals surface area (Å²) in [4.78, 5) is 0. The van der Waals surface area contributed by atoms with Gasteiger partial charge in [0.15, 0.2) is 0 Å². The lowest BCUT2D eigenvalue weighted by Crippen LogP contribution is -1.98. The third-order valence-corrected chi connectivity index (χ3v) is 3.12. The van der Waals surface area contributed by atoms with E-state index in [9.17, 15) is 4.39 Å². The molecule has 0 radical (unpaired) electrons. The van der Waals surface area contributed by atoms with Crippen LogP contribution in [0.25, 0.3) is 0 Å². The van der Waals surface area contributed by atoms with Crippen LogP contribution in [0.15, 0.2) is 36.4 Å². The lowest BCUT2D eigenvalue weighted by Gasteiger charge is -2.10. The van der Waals surface area contributed by atoms with Gasteiger partial charge in [-0.15, -0.1) is 0 Å². The summed E-state index contributed by atoms with van der Waals surface area (Å²) in [6.45, 7) is 0. The van der Waals surface area contributed by atoms with Crippen LogP contribution < -0.4 is 11.1 Å². The van der Waals surface area contributed by atoms with E-state index in [-0.39, 0.29) is 0 Å². The SMILES string of the molecule is Nc1cc(I)ccc1Nc1ccc(Cl)cc1F. The van der Waals surface area contributed by atoms with Gasteiger partial charge in [-0.1, -0.05) is 11.6 Å². The Morgan fingerprint density at radius 3 is 2.47 bits per heavy atom. The highest BCUT2D eigenvalue weighted by molar-refractivity contribution is 14.1. The van der Waals surface area contributed by atoms with Crippen molar-refractivity contribution in [2.45, 2.75) is 0 Å². The van der Waals surface area contributed by atoms with E-state index in [1.54, 1.807) is 12.1 Å². The zero-order valence-electron chi connectivity index (χ0n) is 8.68. The Morgan fingerprint density at radius 1 is 1.12 bits per heavy atom. The van der Waals surface area contributed by atoms with Crippen LogP contribution in [0.3, 0.4) is 0 Å². The number of halogens is 3. The normalized spacial score (nSPS) is 10.3. The minimum Gasteiger partial charge on any atom is -0.397 e. The highest BCUT2D eigenvalue weighted by atomic mass is 127. The summed E-state index contributed by atoms with van der Waals surface area (Å²) < 4.78 is 14.6. The predicted molar refractivity (Wildman–Crippen MR) is 78.3 cm³/mol. The first-order valence-electron chi connectivity index (χ1n) is 4.83. The summed E-state index contributed by atoms with van der Waals surface area (Å²) in [6, 6.07) is 9.98. The largest absolute Gasteiger partial charge is 0.397 e. The van der Waals surface area contributed by atoms with Crippen LogP contribution in [0.4, 0.5) is 21.5 Å². The Hall–Kier alpha value is -1.01. The van der Waals surface area contributed by atoms with E-state index in [1.807, 2.05) is 18.2 Å². The van der Waals surface area contributed by atoms with Crippen molar-refractivity contribution in [2.75, 3.05) is 11.1 Å². The molecular formula is C12H9ClFIN2. The lowest BCUT2D eigenvalue weighted by molar-refractivity contribution is 0.632. The van der Waals surface area contributed by atoms with Crippen LogP contribution in [0.5, 0.6) is 0 Å². The van der Waals surface area contributed by atoms with Crippen LogP contribution >= 0.6 is 34.2 Å². The molecule has 0 aliphatic heterocycles. The monoisotopic (exact) mass is 362 g/mol. The quantitative estimate of drug-likeness (QED) is 0.613. The van der Waals surface area contributed by atoms with Crippen molar-refractivity contribution in [2.24, 2.45) is 0 Å². The molecule has 0 aliphatic carbocycles. The third-order valence-electron chi connectivity index (χ3n) is 2.21. The van der Waals surface area contributed by atoms with Crippen molar-refractivity contribution in [3.8, 4) is 0 Å². The Labute approximate surface area is 117 Å². The maximum Gasteiger partial charge on any atom is 0.148 e. The van der Waals surface area contributed by atoms with E-state index < -0.39 is 5.82 Å². The maximum atomic E-state index is 13.6. The summed E-state index contributed by atoms with van der Waals surface area (Å²) in [5.41, 5.74) is 7.43. The zero-order valence-corrected chi connectivity index (χ0v) is 11.6. The molecule has 0 aliphatic rings. The van der Waals surface area contributed by atoms with E-state index in [0.29, 0.717) is 22.1 Å². The summed E-state index contributed by atoms with van der Waals surface area (Å²) in [5, 5.41) is 3.30. The van der Waals surface area contributed by atoms with Gasteiger partial charge in [-0.2, -0.15) is 0 Å². The van der Waals surface area contributed by atoms with Crippen molar-refractivity contribution in [1.82, 2.24) is 0 Å². The molecule has 0 bridgehead atoms. The second-order valence-corrected chi connectivity index (χ2v) is 5.16. The van der Waals surface area contributed by atoms with Gasteiger partial charge in [0.2, 0.25) is 0 Å². The van der Waals surface area contributed by atoms with Crippen molar-refractivity contribution in [1.29, 1.82) is 0 Å². The summed E-state index contributed by atoms with van der Waals surface area (Å²) >= 11 is 7.84. The number of nitrogens with one attached hydrogen (secondary N) is 1. The first-order chi connectivity index (χ1) is 8.06. The van der Waals surface area contributed by atoms with Gasteiger partial charge < -0.3 is 11.1 Å². The van der Waals surface area contributed by atoms with Gasteiger partial charge in [0.25, 0.3) is 0 Å². The molecule has 2 rings (SSSR count). The first kappa shape index (κ1) is 12.4. The molecule has 3 N–H and O–H groups in total. The highest BCUT2D eigenvalue weighted by Crippen LogP contribution is 2.27. The molecule has 88 valence electrons. The van der Waals surface area contributed by atoms with Gasteiger partial charge in [0.05, 0.1) is 17.1 Å². The minimum absolute atomic E-state index is 0.349. The van der Waals surface area contributed by atoms with E-state index >= 15 is 0 Å². The third kappa shape index (κ3) is 3.01. The van der Waals surface area contributed by atoms with E-state index in [4.69, 9.17) is 17.3 Å². The number of hydrogen-bond acceptors (Lipinski definition) is 2. The Kier molecular flexibility index (Phi) is 3.73. The summed E-state index contributed by atoms with van der Waals surface area (Å²) in [5.74, 6) is -0.407. The van der Waals surface area contributed by atoms with Crippen molar-refractivity contribution >= 4 is 51.3 Å². The van der Waals surface area contributed by atoms with Crippen LogP contribution in [-0.4, -0.2) is 0 Å². The second-order valence-electron chi connectivity index (χ2n) is 3.48. The molecule has 5 heteroatoms. The van der Waals surface area contributed by atoms with Gasteiger partial charge >= 0.3 is 0 Å². The minimum atomic E-state index is -0.407. The van der Waals surface area contributed by atoms with Gasteiger partial charge in [-0.25, -0.2) is 4.39 Å². The molecule has 0 amide bonds. The molecule has 17 heavy (non-hydrogen) atoms. The molecule has 0 unspecified atom stereocenters. The first-order valence-corrected chi connectivity index (χ1v) is 6.29. The number of anilines is 3. The van der Waals surface area contributed by atoms with Gasteiger partial charge in [-0.05, 0) is 59.0 Å². The van der Waals surface area contributed by atoms with Gasteiger partial charge in [0.1, 0.15) is 5.82 Å². The molecule has 0 spiro atoms. The molecule has 0 atom stereocenters. The molecule has 2 aromatic carbocycles. The molecule has 0 fully saturated rings.